The molecule has 0 radical (unpaired) electrons. The van der Waals surface area contributed by atoms with Crippen molar-refractivity contribution in [2.45, 2.75) is 19.8 Å². The van der Waals surface area contributed by atoms with Crippen LogP contribution in [-0.2, 0) is 15.7 Å². The summed E-state index contributed by atoms with van der Waals surface area (Å²) in [4.78, 5) is 11.0. The van der Waals surface area contributed by atoms with Gasteiger partial charge in [0.15, 0.2) is 0 Å². The van der Waals surface area contributed by atoms with Crippen molar-refractivity contribution in [1.29, 1.82) is 0 Å². The average Bonchev–Trinajstić information content (AvgIpc) is 2.18. The summed E-state index contributed by atoms with van der Waals surface area (Å²) < 4.78 is 27.2. The van der Waals surface area contributed by atoms with E-state index in [-0.39, 0.29) is 5.75 Å². The number of hydrogen-bond acceptors (Lipinski definition) is 4. The third kappa shape index (κ3) is 5.55. The number of nitrogens with one attached hydrogen (secondary N) is 1. The Kier molecular flexibility index (Phi) is 4.77. The molecule has 1 N–H and O–H groups in total. The van der Waals surface area contributed by atoms with Crippen LogP contribution in [0.4, 0.5) is 4.79 Å². The summed E-state index contributed by atoms with van der Waals surface area (Å²) in [6.07, 6.45) is 0.816. The molecule has 17 heavy (non-hydrogen) atoms. The van der Waals surface area contributed by atoms with E-state index >= 15 is 0 Å². The lowest BCUT2D eigenvalue weighted by atomic mass is 10.1. The van der Waals surface area contributed by atoms with Crippen molar-refractivity contribution >= 4 is 26.0 Å². The fraction of sp³-hybridized carbons (Fsp3) is 0.300. The monoisotopic (exact) mass is 277 g/mol. The Bertz CT molecular complexity index is 484. The highest BCUT2D eigenvalue weighted by molar-refractivity contribution is 8.12. The number of amides is 1. The van der Waals surface area contributed by atoms with Gasteiger partial charge in [-0.15, -0.1) is 0 Å². The van der Waals surface area contributed by atoms with Crippen molar-refractivity contribution in [3.05, 3.63) is 29.8 Å². The highest BCUT2D eigenvalue weighted by atomic mass is 35.7. The van der Waals surface area contributed by atoms with E-state index in [0.29, 0.717) is 0 Å². The molecule has 0 saturated heterocycles. The summed E-state index contributed by atoms with van der Waals surface area (Å²) >= 11 is 0. The smallest absolute Gasteiger partial charge is 0.410 e. The molecule has 94 valence electrons. The van der Waals surface area contributed by atoms with Gasteiger partial charge in [0.1, 0.15) is 5.75 Å². The number of aryl methyl sites for hydroxylation is 1. The molecule has 0 heterocycles. The average molecular weight is 278 g/mol. The quantitative estimate of drug-likeness (QED) is 0.857. The second-order valence-electron chi connectivity index (χ2n) is 3.32. The molecule has 0 aliphatic rings. The molecular weight excluding hydrogens is 266 g/mol. The number of benzene rings is 1. The second-order valence-corrected chi connectivity index (χ2v) is 5.62. The number of halogens is 1. The fourth-order valence-electron chi connectivity index (χ4n) is 1.24. The standard InChI is InChI=1S/C10H12ClNO4S/c1-2-3-8-4-6-9(7-5-8)16-10(13)12-17(11,14)15/h4-7H,2-3H2,1H3,(H,12,13). The van der Waals surface area contributed by atoms with E-state index in [9.17, 15) is 13.2 Å². The summed E-state index contributed by atoms with van der Waals surface area (Å²) in [6.45, 7) is 2.06. The molecular formula is C10H12ClNO4S. The van der Waals surface area contributed by atoms with Gasteiger partial charge < -0.3 is 4.74 Å². The van der Waals surface area contributed by atoms with Crippen LogP contribution < -0.4 is 9.46 Å². The third-order valence-corrected chi connectivity index (χ3v) is 2.52. The van der Waals surface area contributed by atoms with E-state index < -0.39 is 15.3 Å². The summed E-state index contributed by atoms with van der Waals surface area (Å²) in [6, 6.07) is 6.79. The molecule has 1 aromatic rings. The van der Waals surface area contributed by atoms with Gasteiger partial charge >= 0.3 is 15.3 Å². The largest absolute Gasteiger partial charge is 0.427 e. The number of carbonyl (C=O) groups is 1. The predicted octanol–water partition coefficient (Wildman–Crippen LogP) is 2.21. The molecule has 0 atom stereocenters. The van der Waals surface area contributed by atoms with Crippen LogP contribution in [0.3, 0.4) is 0 Å². The van der Waals surface area contributed by atoms with Crippen LogP contribution in [0.25, 0.3) is 0 Å². The first-order chi connectivity index (χ1) is 7.90. The van der Waals surface area contributed by atoms with Gasteiger partial charge in [0.2, 0.25) is 0 Å². The number of ether oxygens (including phenoxy) is 1. The van der Waals surface area contributed by atoms with Gasteiger partial charge in [0, 0.05) is 10.7 Å². The van der Waals surface area contributed by atoms with Crippen molar-refractivity contribution in [2.24, 2.45) is 0 Å². The topological polar surface area (TPSA) is 72.5 Å². The Labute approximate surface area is 104 Å². The zero-order valence-electron chi connectivity index (χ0n) is 9.14. The molecule has 1 aromatic carbocycles. The Morgan fingerprint density at radius 3 is 2.41 bits per heavy atom. The third-order valence-electron chi connectivity index (χ3n) is 1.88. The lowest BCUT2D eigenvalue weighted by molar-refractivity contribution is 0.207. The van der Waals surface area contributed by atoms with Gasteiger partial charge in [-0.05, 0) is 24.1 Å². The van der Waals surface area contributed by atoms with E-state index in [4.69, 9.17) is 15.4 Å². The van der Waals surface area contributed by atoms with E-state index in [0.717, 1.165) is 18.4 Å². The highest BCUT2D eigenvalue weighted by Gasteiger charge is 2.12. The van der Waals surface area contributed by atoms with Gasteiger partial charge in [-0.25, -0.2) is 9.52 Å². The van der Waals surface area contributed by atoms with E-state index in [2.05, 4.69) is 6.92 Å². The van der Waals surface area contributed by atoms with Crippen LogP contribution in [0.2, 0.25) is 0 Å². The van der Waals surface area contributed by atoms with Crippen LogP contribution in [0.1, 0.15) is 18.9 Å². The van der Waals surface area contributed by atoms with E-state index in [1.165, 1.54) is 4.72 Å². The first-order valence-electron chi connectivity index (χ1n) is 4.94. The van der Waals surface area contributed by atoms with Crippen molar-refractivity contribution < 1.29 is 17.9 Å². The van der Waals surface area contributed by atoms with E-state index in [1.54, 1.807) is 24.3 Å². The SMILES string of the molecule is CCCc1ccc(OC(=O)NS(=O)(=O)Cl)cc1. The Balaban J connectivity index is 2.60. The molecule has 0 aromatic heterocycles. The first-order valence-corrected chi connectivity index (χ1v) is 7.25. The Hall–Kier alpha value is -1.27. The van der Waals surface area contributed by atoms with Crippen molar-refractivity contribution in [2.75, 3.05) is 0 Å². The maximum atomic E-state index is 11.0. The summed E-state index contributed by atoms with van der Waals surface area (Å²) in [5, 5.41) is 0. The zero-order valence-corrected chi connectivity index (χ0v) is 10.7. The molecule has 0 fully saturated rings. The van der Waals surface area contributed by atoms with Crippen LogP contribution in [-0.4, -0.2) is 14.5 Å². The molecule has 0 aliphatic carbocycles. The summed E-state index contributed by atoms with van der Waals surface area (Å²) in [5.41, 5.74) is 1.12. The lowest BCUT2D eigenvalue weighted by Gasteiger charge is -2.04. The molecule has 5 nitrogen and oxygen atoms in total. The van der Waals surface area contributed by atoms with Crippen LogP contribution in [0.15, 0.2) is 24.3 Å². The maximum Gasteiger partial charge on any atom is 0.427 e. The van der Waals surface area contributed by atoms with Gasteiger partial charge in [-0.2, -0.15) is 8.42 Å². The molecule has 1 rings (SSSR count). The first kappa shape index (κ1) is 13.8. The molecule has 0 bridgehead atoms. The minimum atomic E-state index is -4.11. The predicted molar refractivity (Wildman–Crippen MR) is 64.4 cm³/mol. The summed E-state index contributed by atoms with van der Waals surface area (Å²) in [7, 11) is 0.708. The summed E-state index contributed by atoms with van der Waals surface area (Å²) in [5.74, 6) is 0.252. The molecule has 0 saturated carbocycles. The van der Waals surface area contributed by atoms with Crippen molar-refractivity contribution in [3.8, 4) is 5.75 Å². The molecule has 1 amide bonds. The van der Waals surface area contributed by atoms with Gasteiger partial charge in [-0.1, -0.05) is 25.5 Å². The van der Waals surface area contributed by atoms with E-state index in [1.807, 2.05) is 0 Å². The lowest BCUT2D eigenvalue weighted by Crippen LogP contribution is -2.29. The number of rotatable bonds is 4. The zero-order chi connectivity index (χ0) is 12.9. The maximum absolute atomic E-state index is 11.0. The van der Waals surface area contributed by atoms with Gasteiger partial charge in [0.05, 0.1) is 0 Å². The fourth-order valence-corrected chi connectivity index (χ4v) is 1.67. The number of carbonyl (C=O) groups excluding carboxylic acids is 1. The van der Waals surface area contributed by atoms with Crippen LogP contribution >= 0.6 is 10.7 Å². The normalized spacial score (nSPS) is 10.9. The van der Waals surface area contributed by atoms with Crippen LogP contribution in [0, 0.1) is 0 Å². The van der Waals surface area contributed by atoms with Crippen molar-refractivity contribution in [1.82, 2.24) is 4.72 Å². The molecule has 0 unspecified atom stereocenters. The second kappa shape index (κ2) is 5.88. The highest BCUT2D eigenvalue weighted by Crippen LogP contribution is 2.13. The number of hydrogen-bond donors (Lipinski definition) is 1. The van der Waals surface area contributed by atoms with Gasteiger partial charge in [0.25, 0.3) is 0 Å². The Morgan fingerprint density at radius 2 is 1.94 bits per heavy atom. The molecule has 0 aliphatic heterocycles. The molecule has 0 spiro atoms. The van der Waals surface area contributed by atoms with Gasteiger partial charge in [-0.3, -0.25) is 0 Å². The Morgan fingerprint density at radius 1 is 1.35 bits per heavy atom. The minimum absolute atomic E-state index is 0.252. The van der Waals surface area contributed by atoms with Crippen molar-refractivity contribution in [3.63, 3.8) is 0 Å². The minimum Gasteiger partial charge on any atom is -0.410 e. The molecule has 7 heteroatoms. The van der Waals surface area contributed by atoms with Crippen LogP contribution in [0.5, 0.6) is 5.75 Å².